The predicted octanol–water partition coefficient (Wildman–Crippen LogP) is 3.60. The van der Waals surface area contributed by atoms with Crippen molar-refractivity contribution in [2.45, 2.75) is 63.0 Å². The van der Waals surface area contributed by atoms with Crippen molar-refractivity contribution in [2.75, 3.05) is 0 Å². The molecule has 2 nitrogen and oxygen atoms in total. The van der Waals surface area contributed by atoms with Crippen molar-refractivity contribution < 1.29 is 4.74 Å². The highest BCUT2D eigenvalue weighted by Crippen LogP contribution is 2.33. The van der Waals surface area contributed by atoms with Crippen LogP contribution in [0.2, 0.25) is 0 Å². The maximum Gasteiger partial charge on any atom is 0.119 e. The molecule has 0 radical (unpaired) electrons. The number of benzene rings is 1. The highest BCUT2D eigenvalue weighted by atomic mass is 16.5. The van der Waals surface area contributed by atoms with Gasteiger partial charge in [0.1, 0.15) is 5.75 Å². The topological polar surface area (TPSA) is 35.2 Å². The van der Waals surface area contributed by atoms with E-state index in [2.05, 4.69) is 24.3 Å². The third-order valence-electron chi connectivity index (χ3n) is 4.20. The van der Waals surface area contributed by atoms with E-state index in [0.717, 1.165) is 5.75 Å². The van der Waals surface area contributed by atoms with Gasteiger partial charge in [0.05, 0.1) is 6.10 Å². The second-order valence-electron chi connectivity index (χ2n) is 5.79. The number of hydrogen-bond donors (Lipinski definition) is 1. The van der Waals surface area contributed by atoms with E-state index in [4.69, 9.17) is 10.5 Å². The molecule has 0 saturated heterocycles. The maximum atomic E-state index is 6.31. The molecule has 0 amide bonds. The first kappa shape index (κ1) is 12.0. The third-order valence-corrected chi connectivity index (χ3v) is 4.20. The van der Waals surface area contributed by atoms with Gasteiger partial charge in [-0.3, -0.25) is 0 Å². The van der Waals surface area contributed by atoms with Crippen molar-refractivity contribution in [1.82, 2.24) is 0 Å². The first-order valence-electron chi connectivity index (χ1n) is 7.35. The van der Waals surface area contributed by atoms with Gasteiger partial charge < -0.3 is 10.5 Å². The molecule has 2 unspecified atom stereocenters. The van der Waals surface area contributed by atoms with Gasteiger partial charge in [0, 0.05) is 6.04 Å². The fourth-order valence-electron chi connectivity index (χ4n) is 2.92. The molecule has 0 bridgehead atoms. The Hall–Kier alpha value is -1.02. The highest BCUT2D eigenvalue weighted by Gasteiger charge is 2.24. The van der Waals surface area contributed by atoms with E-state index < -0.39 is 0 Å². The molecule has 98 valence electrons. The van der Waals surface area contributed by atoms with Crippen LogP contribution in [0.25, 0.3) is 0 Å². The van der Waals surface area contributed by atoms with Gasteiger partial charge in [-0.15, -0.1) is 0 Å². The van der Waals surface area contributed by atoms with Crippen LogP contribution in [0.15, 0.2) is 24.3 Å². The second kappa shape index (κ2) is 5.31. The minimum Gasteiger partial charge on any atom is -0.490 e. The maximum absolute atomic E-state index is 6.31. The van der Waals surface area contributed by atoms with Gasteiger partial charge in [-0.05, 0) is 49.3 Å². The first-order valence-corrected chi connectivity index (χ1v) is 7.35. The minimum atomic E-state index is 0.336. The molecule has 2 aliphatic rings. The molecule has 2 heteroatoms. The van der Waals surface area contributed by atoms with Crippen LogP contribution < -0.4 is 10.5 Å². The molecule has 2 saturated carbocycles. The zero-order valence-corrected chi connectivity index (χ0v) is 11.0. The van der Waals surface area contributed by atoms with E-state index in [1.54, 1.807) is 0 Å². The fraction of sp³-hybridized carbons (Fsp3) is 0.625. The largest absolute Gasteiger partial charge is 0.490 e. The predicted molar refractivity (Wildman–Crippen MR) is 73.9 cm³/mol. The molecule has 2 N–H and O–H groups in total. The van der Waals surface area contributed by atoms with Gasteiger partial charge in [0.15, 0.2) is 0 Å². The average molecular weight is 245 g/mol. The van der Waals surface area contributed by atoms with Crippen LogP contribution in [0.1, 0.15) is 56.4 Å². The van der Waals surface area contributed by atoms with E-state index in [1.165, 1.54) is 50.5 Å². The van der Waals surface area contributed by atoms with Crippen molar-refractivity contribution >= 4 is 0 Å². The molecule has 0 heterocycles. The summed E-state index contributed by atoms with van der Waals surface area (Å²) in [7, 11) is 0. The van der Waals surface area contributed by atoms with Crippen LogP contribution in [0.3, 0.4) is 0 Å². The standard InChI is InChI=1S/C16H23NO/c17-16-5-3-1-2-4-15(16)12-6-8-13(9-7-12)18-14-10-11-14/h6-9,14-16H,1-5,10-11,17H2. The Kier molecular flexibility index (Phi) is 3.55. The number of rotatable bonds is 3. The van der Waals surface area contributed by atoms with Crippen molar-refractivity contribution in [2.24, 2.45) is 5.73 Å². The van der Waals surface area contributed by atoms with Gasteiger partial charge in [-0.25, -0.2) is 0 Å². The van der Waals surface area contributed by atoms with Gasteiger partial charge in [0.25, 0.3) is 0 Å². The highest BCUT2D eigenvalue weighted by molar-refractivity contribution is 5.30. The molecule has 0 spiro atoms. The second-order valence-corrected chi connectivity index (χ2v) is 5.79. The van der Waals surface area contributed by atoms with Crippen LogP contribution in [0, 0.1) is 0 Å². The Labute approximate surface area is 110 Å². The van der Waals surface area contributed by atoms with Crippen LogP contribution >= 0.6 is 0 Å². The summed E-state index contributed by atoms with van der Waals surface area (Å²) in [6, 6.07) is 9.00. The van der Waals surface area contributed by atoms with Crippen LogP contribution in [0.4, 0.5) is 0 Å². The van der Waals surface area contributed by atoms with Gasteiger partial charge in [0.2, 0.25) is 0 Å². The Bertz CT molecular complexity index is 383. The van der Waals surface area contributed by atoms with Crippen LogP contribution in [0.5, 0.6) is 5.75 Å². The number of ether oxygens (including phenoxy) is 1. The number of hydrogen-bond acceptors (Lipinski definition) is 2. The molecule has 3 rings (SSSR count). The summed E-state index contributed by atoms with van der Waals surface area (Å²) in [5, 5.41) is 0. The summed E-state index contributed by atoms with van der Waals surface area (Å²) in [5.41, 5.74) is 7.70. The van der Waals surface area contributed by atoms with Crippen LogP contribution in [-0.4, -0.2) is 12.1 Å². The lowest BCUT2D eigenvalue weighted by Gasteiger charge is -2.22. The Morgan fingerprint density at radius 2 is 1.61 bits per heavy atom. The lowest BCUT2D eigenvalue weighted by Crippen LogP contribution is -2.27. The lowest BCUT2D eigenvalue weighted by atomic mass is 9.88. The molecule has 2 atom stereocenters. The quantitative estimate of drug-likeness (QED) is 0.826. The molecule has 2 aliphatic carbocycles. The van der Waals surface area contributed by atoms with Gasteiger partial charge in [-0.2, -0.15) is 0 Å². The molecule has 0 aromatic heterocycles. The minimum absolute atomic E-state index is 0.336. The molecule has 1 aromatic rings. The van der Waals surface area contributed by atoms with Crippen molar-refractivity contribution in [3.63, 3.8) is 0 Å². The smallest absolute Gasteiger partial charge is 0.119 e. The molecule has 2 fully saturated rings. The van der Waals surface area contributed by atoms with E-state index >= 15 is 0 Å². The van der Waals surface area contributed by atoms with Crippen molar-refractivity contribution in [3.8, 4) is 5.75 Å². The summed E-state index contributed by atoms with van der Waals surface area (Å²) in [4.78, 5) is 0. The van der Waals surface area contributed by atoms with Crippen molar-refractivity contribution in [1.29, 1.82) is 0 Å². The van der Waals surface area contributed by atoms with Gasteiger partial charge in [-0.1, -0.05) is 31.4 Å². The van der Waals surface area contributed by atoms with E-state index in [-0.39, 0.29) is 0 Å². The summed E-state index contributed by atoms with van der Waals surface area (Å²) in [5.74, 6) is 1.56. The average Bonchev–Trinajstić information content (AvgIpc) is 3.19. The molecule has 0 aliphatic heterocycles. The molecule has 18 heavy (non-hydrogen) atoms. The molecular formula is C16H23NO. The summed E-state index contributed by atoms with van der Waals surface area (Å²) in [6.07, 6.45) is 9.28. The van der Waals surface area contributed by atoms with E-state index in [1.807, 2.05) is 0 Å². The monoisotopic (exact) mass is 245 g/mol. The Morgan fingerprint density at radius 1 is 0.889 bits per heavy atom. The first-order chi connectivity index (χ1) is 8.83. The van der Waals surface area contributed by atoms with E-state index in [9.17, 15) is 0 Å². The molecular weight excluding hydrogens is 222 g/mol. The summed E-state index contributed by atoms with van der Waals surface area (Å²) < 4.78 is 5.79. The number of nitrogens with two attached hydrogens (primary N) is 1. The lowest BCUT2D eigenvalue weighted by molar-refractivity contribution is 0.303. The summed E-state index contributed by atoms with van der Waals surface area (Å²) >= 11 is 0. The fourth-order valence-corrected chi connectivity index (χ4v) is 2.92. The molecule has 1 aromatic carbocycles. The van der Waals surface area contributed by atoms with Gasteiger partial charge >= 0.3 is 0 Å². The normalized spacial score (nSPS) is 28.7. The zero-order chi connectivity index (χ0) is 12.4. The van der Waals surface area contributed by atoms with Crippen LogP contribution in [-0.2, 0) is 0 Å². The Morgan fingerprint density at radius 3 is 2.33 bits per heavy atom. The zero-order valence-electron chi connectivity index (χ0n) is 11.0. The van der Waals surface area contributed by atoms with Crippen molar-refractivity contribution in [3.05, 3.63) is 29.8 Å². The SMILES string of the molecule is NC1CCCCCC1c1ccc(OC2CC2)cc1. The third kappa shape index (κ3) is 2.86. The Balaban J connectivity index is 1.69. The van der Waals surface area contributed by atoms with E-state index in [0.29, 0.717) is 18.1 Å². The summed E-state index contributed by atoms with van der Waals surface area (Å²) in [6.45, 7) is 0.